The van der Waals surface area contributed by atoms with E-state index in [0.29, 0.717) is 51.3 Å². The number of hydrogen-bond acceptors (Lipinski definition) is 6. The first kappa shape index (κ1) is 23.5. The molecule has 3 aromatic carbocycles. The summed E-state index contributed by atoms with van der Waals surface area (Å²) < 4.78 is 11.6. The number of fused-ring (bicyclic) bond motifs is 1. The summed E-state index contributed by atoms with van der Waals surface area (Å²) in [4.78, 5) is 21.3. The van der Waals surface area contributed by atoms with Crippen LogP contribution in [0.2, 0.25) is 5.02 Å². The Morgan fingerprint density at radius 1 is 1.00 bits per heavy atom. The molecular weight excluding hydrogens is 496 g/mol. The molecule has 7 nitrogen and oxygen atoms in total. The van der Waals surface area contributed by atoms with Gasteiger partial charge in [-0.3, -0.25) is 10.1 Å². The number of benzene rings is 3. The predicted molar refractivity (Wildman–Crippen MR) is 143 cm³/mol. The van der Waals surface area contributed by atoms with Crippen LogP contribution in [-0.4, -0.2) is 21.0 Å². The Hall–Kier alpha value is -4.27. The molecule has 0 spiro atoms. The van der Waals surface area contributed by atoms with E-state index < -0.39 is 0 Å². The average Bonchev–Trinajstić information content (AvgIpc) is 3.33. The Morgan fingerprint density at radius 3 is 2.69 bits per heavy atom. The van der Waals surface area contributed by atoms with Crippen molar-refractivity contribution in [3.8, 4) is 17.2 Å². The van der Waals surface area contributed by atoms with Crippen LogP contribution in [0.1, 0.15) is 15.9 Å². The summed E-state index contributed by atoms with van der Waals surface area (Å²) in [6, 6.07) is 25.4. The molecule has 2 N–H and O–H groups in total. The maximum atomic E-state index is 12.8. The summed E-state index contributed by atoms with van der Waals surface area (Å²) in [7, 11) is 0. The molecular formula is C27H19ClN4O3S. The standard InChI is InChI=1S/C27H19ClN4O3S/c28-22-12-11-19(15-21(22)26-31-24-23(35-26)10-5-13-29-24)30-27(36)32-25(33)18-8-4-9-20(14-18)34-16-17-6-2-1-3-7-17/h1-15H,16H2,(H2,30,32,33,36). The van der Waals surface area contributed by atoms with Gasteiger partial charge < -0.3 is 14.5 Å². The Balaban J connectivity index is 1.24. The van der Waals surface area contributed by atoms with Gasteiger partial charge >= 0.3 is 0 Å². The molecule has 0 fully saturated rings. The van der Waals surface area contributed by atoms with Crippen molar-refractivity contribution in [2.24, 2.45) is 0 Å². The number of nitrogens with zero attached hydrogens (tertiary/aromatic N) is 2. The first-order valence-corrected chi connectivity index (χ1v) is 11.7. The van der Waals surface area contributed by atoms with Crippen LogP contribution in [0.15, 0.2) is 95.5 Å². The molecule has 0 bridgehead atoms. The van der Waals surface area contributed by atoms with E-state index in [-0.39, 0.29) is 11.0 Å². The minimum atomic E-state index is -0.364. The van der Waals surface area contributed by atoms with Gasteiger partial charge in [0.1, 0.15) is 12.4 Å². The molecule has 36 heavy (non-hydrogen) atoms. The maximum absolute atomic E-state index is 12.8. The van der Waals surface area contributed by atoms with Gasteiger partial charge in [0, 0.05) is 17.4 Å². The fraction of sp³-hybridized carbons (Fsp3) is 0.0370. The second kappa shape index (κ2) is 10.6. The van der Waals surface area contributed by atoms with Gasteiger partial charge in [0.05, 0.1) is 10.6 Å². The number of carbonyl (C=O) groups excluding carboxylic acids is 1. The van der Waals surface area contributed by atoms with Gasteiger partial charge in [-0.1, -0.05) is 48.0 Å². The normalized spacial score (nSPS) is 10.7. The lowest BCUT2D eigenvalue weighted by molar-refractivity contribution is 0.0977. The SMILES string of the molecule is O=C(NC(=S)Nc1ccc(Cl)c(-c2nc3ncccc3o2)c1)c1cccc(OCc2ccccc2)c1. The average molecular weight is 515 g/mol. The molecule has 9 heteroatoms. The highest BCUT2D eigenvalue weighted by Crippen LogP contribution is 2.31. The lowest BCUT2D eigenvalue weighted by atomic mass is 10.2. The first-order chi connectivity index (χ1) is 17.5. The van der Waals surface area contributed by atoms with Crippen molar-refractivity contribution in [3.63, 3.8) is 0 Å². The number of pyridine rings is 1. The Labute approximate surface area is 217 Å². The van der Waals surface area contributed by atoms with E-state index in [0.717, 1.165) is 5.56 Å². The van der Waals surface area contributed by atoms with Crippen LogP contribution in [0.3, 0.4) is 0 Å². The van der Waals surface area contributed by atoms with Crippen molar-refractivity contribution < 1.29 is 13.9 Å². The van der Waals surface area contributed by atoms with E-state index in [2.05, 4.69) is 20.6 Å². The molecule has 0 aliphatic heterocycles. The summed E-state index contributed by atoms with van der Waals surface area (Å²) >= 11 is 11.7. The molecule has 2 heterocycles. The molecule has 0 radical (unpaired) electrons. The van der Waals surface area contributed by atoms with Crippen LogP contribution in [-0.2, 0) is 6.61 Å². The lowest BCUT2D eigenvalue weighted by Crippen LogP contribution is -2.34. The molecule has 0 unspecified atom stereocenters. The monoisotopic (exact) mass is 514 g/mol. The second-order valence-electron chi connectivity index (χ2n) is 7.75. The zero-order valence-electron chi connectivity index (χ0n) is 18.8. The third-order valence-electron chi connectivity index (χ3n) is 5.19. The highest BCUT2D eigenvalue weighted by atomic mass is 35.5. The summed E-state index contributed by atoms with van der Waals surface area (Å²) in [6.45, 7) is 0.404. The van der Waals surface area contributed by atoms with E-state index in [4.69, 9.17) is 33.0 Å². The molecule has 5 rings (SSSR count). The van der Waals surface area contributed by atoms with Crippen LogP contribution < -0.4 is 15.4 Å². The molecule has 5 aromatic rings. The number of carbonyl (C=O) groups is 1. The number of nitrogens with one attached hydrogen (secondary N) is 2. The zero-order chi connectivity index (χ0) is 24.9. The largest absolute Gasteiger partial charge is 0.489 e. The van der Waals surface area contributed by atoms with E-state index in [9.17, 15) is 4.79 Å². The fourth-order valence-electron chi connectivity index (χ4n) is 3.46. The number of hydrogen-bond donors (Lipinski definition) is 2. The van der Waals surface area contributed by atoms with E-state index >= 15 is 0 Å². The number of aromatic nitrogens is 2. The third kappa shape index (κ3) is 5.51. The van der Waals surface area contributed by atoms with Gasteiger partial charge in [-0.25, -0.2) is 4.98 Å². The minimum absolute atomic E-state index is 0.128. The third-order valence-corrected chi connectivity index (χ3v) is 5.72. The van der Waals surface area contributed by atoms with Crippen molar-refractivity contribution >= 4 is 51.8 Å². The Morgan fingerprint density at radius 2 is 1.86 bits per heavy atom. The van der Waals surface area contributed by atoms with Gasteiger partial charge in [-0.15, -0.1) is 0 Å². The summed E-state index contributed by atoms with van der Waals surface area (Å²) in [5.74, 6) is 0.553. The van der Waals surface area contributed by atoms with Gasteiger partial charge in [0.2, 0.25) is 5.89 Å². The molecule has 1 amide bonds. The number of ether oxygens (including phenoxy) is 1. The minimum Gasteiger partial charge on any atom is -0.489 e. The van der Waals surface area contributed by atoms with Gasteiger partial charge in [-0.2, -0.15) is 4.98 Å². The van der Waals surface area contributed by atoms with Crippen molar-refractivity contribution in [1.82, 2.24) is 15.3 Å². The topological polar surface area (TPSA) is 89.3 Å². The Kier molecular flexibility index (Phi) is 6.88. The number of anilines is 1. The fourth-order valence-corrected chi connectivity index (χ4v) is 3.87. The van der Waals surface area contributed by atoms with Crippen LogP contribution in [0.4, 0.5) is 5.69 Å². The maximum Gasteiger partial charge on any atom is 0.257 e. The molecule has 178 valence electrons. The van der Waals surface area contributed by atoms with E-state index in [1.807, 2.05) is 30.3 Å². The summed E-state index contributed by atoms with van der Waals surface area (Å²) in [5.41, 5.74) is 3.67. The number of amides is 1. The smallest absolute Gasteiger partial charge is 0.257 e. The van der Waals surface area contributed by atoms with E-state index in [1.165, 1.54) is 0 Å². The van der Waals surface area contributed by atoms with Gasteiger partial charge in [-0.05, 0) is 66.3 Å². The Bertz CT molecular complexity index is 1520. The zero-order valence-corrected chi connectivity index (χ0v) is 20.3. The molecule has 0 saturated heterocycles. The van der Waals surface area contributed by atoms with Crippen molar-refractivity contribution in [1.29, 1.82) is 0 Å². The number of thiocarbonyl (C=S) groups is 1. The molecule has 2 aromatic heterocycles. The van der Waals surface area contributed by atoms with E-state index in [1.54, 1.807) is 60.8 Å². The molecule has 0 aliphatic rings. The predicted octanol–water partition coefficient (Wildman–Crippen LogP) is 6.25. The van der Waals surface area contributed by atoms with Gasteiger partial charge in [0.25, 0.3) is 5.91 Å². The number of rotatable bonds is 6. The summed E-state index contributed by atoms with van der Waals surface area (Å²) in [6.07, 6.45) is 1.64. The quantitative estimate of drug-likeness (QED) is 0.259. The molecule has 0 atom stereocenters. The van der Waals surface area contributed by atoms with Crippen molar-refractivity contribution in [3.05, 3.63) is 107 Å². The second-order valence-corrected chi connectivity index (χ2v) is 8.56. The number of oxazole rings is 1. The van der Waals surface area contributed by atoms with Crippen LogP contribution in [0.5, 0.6) is 5.75 Å². The first-order valence-electron chi connectivity index (χ1n) is 11.0. The van der Waals surface area contributed by atoms with Crippen molar-refractivity contribution in [2.45, 2.75) is 6.61 Å². The highest BCUT2D eigenvalue weighted by Gasteiger charge is 2.14. The van der Waals surface area contributed by atoms with Crippen LogP contribution in [0, 0.1) is 0 Å². The van der Waals surface area contributed by atoms with Crippen LogP contribution >= 0.6 is 23.8 Å². The van der Waals surface area contributed by atoms with Gasteiger partial charge in [0.15, 0.2) is 16.3 Å². The van der Waals surface area contributed by atoms with Crippen LogP contribution in [0.25, 0.3) is 22.7 Å². The van der Waals surface area contributed by atoms with Crippen molar-refractivity contribution in [2.75, 3.05) is 5.32 Å². The number of halogens is 1. The molecule has 0 saturated carbocycles. The lowest BCUT2D eigenvalue weighted by Gasteiger charge is -2.12. The highest BCUT2D eigenvalue weighted by molar-refractivity contribution is 7.80. The summed E-state index contributed by atoms with van der Waals surface area (Å²) in [5, 5.41) is 6.27. The molecule has 0 aliphatic carbocycles.